The van der Waals surface area contributed by atoms with Crippen molar-refractivity contribution in [3.8, 4) is 0 Å². The monoisotopic (exact) mass is 284 g/mol. The molecule has 0 saturated carbocycles. The molecule has 0 aliphatic heterocycles. The summed E-state index contributed by atoms with van der Waals surface area (Å²) in [5.74, 6) is 0.812. The third kappa shape index (κ3) is 4.02. The standard InChI is InChI=1S/C16H20N4O/c1-12(2)11-18-16-17-10-9-14(19-16)15(21)20(3)13-7-5-4-6-8-13/h4-10,12H,11H2,1-3H3,(H,17,18,19). The van der Waals surface area contributed by atoms with E-state index in [4.69, 9.17) is 0 Å². The van der Waals surface area contributed by atoms with E-state index >= 15 is 0 Å². The number of anilines is 2. The molecule has 0 aliphatic carbocycles. The molecule has 1 aromatic carbocycles. The number of carbonyl (C=O) groups is 1. The summed E-state index contributed by atoms with van der Waals surface area (Å²) in [6, 6.07) is 11.1. The molecule has 2 rings (SSSR count). The zero-order valence-electron chi connectivity index (χ0n) is 12.6. The molecular formula is C16H20N4O. The minimum atomic E-state index is -0.156. The van der Waals surface area contributed by atoms with Crippen molar-refractivity contribution in [3.05, 3.63) is 48.3 Å². The molecule has 0 atom stereocenters. The number of para-hydroxylation sites is 1. The fourth-order valence-corrected chi connectivity index (χ4v) is 1.80. The first kappa shape index (κ1) is 15.0. The molecule has 0 bridgehead atoms. The second-order valence-corrected chi connectivity index (χ2v) is 5.24. The highest BCUT2D eigenvalue weighted by Crippen LogP contribution is 2.14. The van der Waals surface area contributed by atoms with E-state index in [0.29, 0.717) is 17.6 Å². The Morgan fingerprint density at radius 2 is 1.95 bits per heavy atom. The number of benzene rings is 1. The second-order valence-electron chi connectivity index (χ2n) is 5.24. The Kier molecular flexibility index (Phi) is 4.87. The van der Waals surface area contributed by atoms with E-state index in [1.807, 2.05) is 30.3 Å². The third-order valence-electron chi connectivity index (χ3n) is 2.99. The van der Waals surface area contributed by atoms with Crippen LogP contribution in [0.4, 0.5) is 11.6 Å². The molecule has 5 heteroatoms. The Bertz CT molecular complexity index is 598. The molecule has 5 nitrogen and oxygen atoms in total. The summed E-state index contributed by atoms with van der Waals surface area (Å²) >= 11 is 0. The predicted molar refractivity (Wildman–Crippen MR) is 84.5 cm³/mol. The van der Waals surface area contributed by atoms with Gasteiger partial charge in [-0.3, -0.25) is 4.79 Å². The molecular weight excluding hydrogens is 264 g/mol. The summed E-state index contributed by atoms with van der Waals surface area (Å²) in [7, 11) is 1.74. The molecule has 1 aromatic heterocycles. The van der Waals surface area contributed by atoms with Crippen LogP contribution in [-0.2, 0) is 0 Å². The van der Waals surface area contributed by atoms with E-state index in [-0.39, 0.29) is 5.91 Å². The lowest BCUT2D eigenvalue weighted by Gasteiger charge is -2.17. The van der Waals surface area contributed by atoms with Crippen LogP contribution < -0.4 is 10.2 Å². The smallest absolute Gasteiger partial charge is 0.276 e. The Morgan fingerprint density at radius 3 is 2.62 bits per heavy atom. The van der Waals surface area contributed by atoms with Crippen LogP contribution in [0.25, 0.3) is 0 Å². The van der Waals surface area contributed by atoms with Gasteiger partial charge in [0.2, 0.25) is 5.95 Å². The molecule has 21 heavy (non-hydrogen) atoms. The Hall–Kier alpha value is -2.43. The van der Waals surface area contributed by atoms with E-state index < -0.39 is 0 Å². The normalized spacial score (nSPS) is 10.5. The van der Waals surface area contributed by atoms with Crippen LogP contribution in [0.1, 0.15) is 24.3 Å². The fourth-order valence-electron chi connectivity index (χ4n) is 1.80. The second kappa shape index (κ2) is 6.83. The Labute approximate surface area is 125 Å². The van der Waals surface area contributed by atoms with Crippen LogP contribution in [0.3, 0.4) is 0 Å². The van der Waals surface area contributed by atoms with Crippen LogP contribution in [0.5, 0.6) is 0 Å². The third-order valence-corrected chi connectivity index (χ3v) is 2.99. The topological polar surface area (TPSA) is 58.1 Å². The van der Waals surface area contributed by atoms with Crippen LogP contribution in [0, 0.1) is 5.92 Å². The minimum Gasteiger partial charge on any atom is -0.354 e. The molecule has 0 aliphatic rings. The first-order valence-corrected chi connectivity index (χ1v) is 6.98. The molecule has 0 saturated heterocycles. The van der Waals surface area contributed by atoms with E-state index in [2.05, 4.69) is 29.1 Å². The summed E-state index contributed by atoms with van der Waals surface area (Å²) < 4.78 is 0. The molecule has 0 radical (unpaired) electrons. The van der Waals surface area contributed by atoms with Crippen molar-refractivity contribution >= 4 is 17.5 Å². The van der Waals surface area contributed by atoms with E-state index in [0.717, 1.165) is 12.2 Å². The van der Waals surface area contributed by atoms with Crippen LogP contribution in [0.2, 0.25) is 0 Å². The molecule has 1 heterocycles. The lowest BCUT2D eigenvalue weighted by atomic mass is 10.2. The maximum Gasteiger partial charge on any atom is 0.276 e. The molecule has 0 spiro atoms. The highest BCUT2D eigenvalue weighted by atomic mass is 16.2. The Balaban J connectivity index is 2.14. The van der Waals surface area contributed by atoms with Gasteiger partial charge in [-0.15, -0.1) is 0 Å². The number of hydrogen-bond acceptors (Lipinski definition) is 4. The number of nitrogens with one attached hydrogen (secondary N) is 1. The van der Waals surface area contributed by atoms with Gasteiger partial charge in [-0.25, -0.2) is 9.97 Å². The lowest BCUT2D eigenvalue weighted by Crippen LogP contribution is -2.27. The van der Waals surface area contributed by atoms with E-state index in [1.165, 1.54) is 0 Å². The van der Waals surface area contributed by atoms with Gasteiger partial charge in [0.05, 0.1) is 0 Å². The van der Waals surface area contributed by atoms with E-state index in [1.54, 1.807) is 24.2 Å². The largest absolute Gasteiger partial charge is 0.354 e. The lowest BCUT2D eigenvalue weighted by molar-refractivity contribution is 0.0988. The van der Waals surface area contributed by atoms with Gasteiger partial charge in [0.25, 0.3) is 5.91 Å². The van der Waals surface area contributed by atoms with Crippen molar-refractivity contribution in [1.82, 2.24) is 9.97 Å². The van der Waals surface area contributed by atoms with Gasteiger partial charge >= 0.3 is 0 Å². The molecule has 0 unspecified atom stereocenters. The first-order chi connectivity index (χ1) is 10.1. The van der Waals surface area contributed by atoms with Gasteiger partial charge in [-0.05, 0) is 24.1 Å². The SMILES string of the molecule is CC(C)CNc1nccc(C(=O)N(C)c2ccccc2)n1. The number of amides is 1. The predicted octanol–water partition coefficient (Wildman–Crippen LogP) is 2.82. The highest BCUT2D eigenvalue weighted by molar-refractivity contribution is 6.04. The number of rotatable bonds is 5. The maximum atomic E-state index is 12.4. The van der Waals surface area contributed by atoms with Crippen LogP contribution in [0.15, 0.2) is 42.6 Å². The van der Waals surface area contributed by atoms with Gasteiger partial charge in [0.15, 0.2) is 0 Å². The summed E-state index contributed by atoms with van der Waals surface area (Å²) in [4.78, 5) is 22.4. The quantitative estimate of drug-likeness (QED) is 0.917. The van der Waals surface area contributed by atoms with Crippen molar-refractivity contribution in [2.45, 2.75) is 13.8 Å². The fraction of sp³-hybridized carbons (Fsp3) is 0.312. The number of nitrogens with zero attached hydrogens (tertiary/aromatic N) is 3. The van der Waals surface area contributed by atoms with Crippen molar-refractivity contribution in [2.24, 2.45) is 5.92 Å². The first-order valence-electron chi connectivity index (χ1n) is 6.98. The van der Waals surface area contributed by atoms with Crippen molar-refractivity contribution in [1.29, 1.82) is 0 Å². The maximum absolute atomic E-state index is 12.4. The van der Waals surface area contributed by atoms with Gasteiger partial charge in [-0.2, -0.15) is 0 Å². The summed E-state index contributed by atoms with van der Waals surface area (Å²) in [6.07, 6.45) is 1.60. The number of carbonyl (C=O) groups excluding carboxylic acids is 1. The summed E-state index contributed by atoms with van der Waals surface area (Å²) in [5, 5.41) is 3.13. The average molecular weight is 284 g/mol. The molecule has 1 amide bonds. The molecule has 110 valence electrons. The van der Waals surface area contributed by atoms with Gasteiger partial charge in [-0.1, -0.05) is 32.0 Å². The van der Waals surface area contributed by atoms with Crippen LogP contribution in [-0.4, -0.2) is 29.5 Å². The van der Waals surface area contributed by atoms with Gasteiger partial charge < -0.3 is 10.2 Å². The van der Waals surface area contributed by atoms with Crippen molar-refractivity contribution < 1.29 is 4.79 Å². The zero-order valence-corrected chi connectivity index (χ0v) is 12.6. The molecule has 1 N–H and O–H groups in total. The zero-order chi connectivity index (χ0) is 15.2. The van der Waals surface area contributed by atoms with Crippen molar-refractivity contribution in [3.63, 3.8) is 0 Å². The van der Waals surface area contributed by atoms with Crippen molar-refractivity contribution in [2.75, 3.05) is 23.8 Å². The van der Waals surface area contributed by atoms with Gasteiger partial charge in [0.1, 0.15) is 5.69 Å². The highest BCUT2D eigenvalue weighted by Gasteiger charge is 2.15. The Morgan fingerprint density at radius 1 is 1.24 bits per heavy atom. The summed E-state index contributed by atoms with van der Waals surface area (Å²) in [5.41, 5.74) is 1.21. The minimum absolute atomic E-state index is 0.156. The average Bonchev–Trinajstić information content (AvgIpc) is 2.52. The molecule has 0 fully saturated rings. The number of hydrogen-bond donors (Lipinski definition) is 1. The molecule has 2 aromatic rings. The summed E-state index contributed by atoms with van der Waals surface area (Å²) in [6.45, 7) is 4.97. The van der Waals surface area contributed by atoms with Gasteiger partial charge in [0, 0.05) is 25.5 Å². The van der Waals surface area contributed by atoms with E-state index in [9.17, 15) is 4.79 Å². The number of aromatic nitrogens is 2. The van der Waals surface area contributed by atoms with Crippen LogP contribution >= 0.6 is 0 Å².